The van der Waals surface area contributed by atoms with Crippen molar-refractivity contribution < 1.29 is 4.42 Å². The Morgan fingerprint density at radius 1 is 1.47 bits per heavy atom. The molecule has 2 rings (SSSR count). The van der Waals surface area contributed by atoms with Gasteiger partial charge in [-0.25, -0.2) is 4.98 Å². The van der Waals surface area contributed by atoms with Crippen molar-refractivity contribution in [3.05, 3.63) is 47.5 Å². The second-order valence-electron chi connectivity index (χ2n) is 3.88. The average Bonchev–Trinajstić information content (AvgIpc) is 2.81. The first kappa shape index (κ1) is 11.2. The Kier molecular flexibility index (Phi) is 3.10. The average molecular weight is 227 g/mol. The van der Waals surface area contributed by atoms with Crippen LogP contribution in [0.1, 0.15) is 30.0 Å². The van der Waals surface area contributed by atoms with E-state index in [0.717, 1.165) is 11.5 Å². The van der Waals surface area contributed by atoms with Gasteiger partial charge in [0.05, 0.1) is 23.9 Å². The summed E-state index contributed by atoms with van der Waals surface area (Å²) in [5, 5.41) is 12.1. The smallest absolute Gasteiger partial charge is 0.128 e. The highest BCUT2D eigenvalue weighted by atomic mass is 16.3. The number of aromatic nitrogens is 1. The summed E-state index contributed by atoms with van der Waals surface area (Å²) in [5.74, 6) is 1.53. The minimum atomic E-state index is 0.0193. The molecule has 4 nitrogen and oxygen atoms in total. The Bertz CT molecular complexity index is 540. The van der Waals surface area contributed by atoms with Gasteiger partial charge in [0.2, 0.25) is 0 Å². The lowest BCUT2D eigenvalue weighted by Crippen LogP contribution is -2.07. The standard InChI is InChI=1S/C13H13N3O/c1-9-6-11(8-14)7-13(15-9)16-10(2)12-4-3-5-17-12/h3-7,10H,1-2H3,(H,15,16). The normalized spacial score (nSPS) is 11.8. The van der Waals surface area contributed by atoms with Gasteiger partial charge in [-0.1, -0.05) is 0 Å². The quantitative estimate of drug-likeness (QED) is 0.875. The molecule has 0 aromatic carbocycles. The van der Waals surface area contributed by atoms with Crippen LogP contribution in [0.2, 0.25) is 0 Å². The molecule has 1 atom stereocenters. The van der Waals surface area contributed by atoms with Crippen molar-refractivity contribution in [3.63, 3.8) is 0 Å². The molecule has 86 valence electrons. The highest BCUT2D eigenvalue weighted by molar-refractivity contribution is 5.45. The van der Waals surface area contributed by atoms with E-state index in [-0.39, 0.29) is 6.04 Å². The van der Waals surface area contributed by atoms with Gasteiger partial charge in [0.1, 0.15) is 11.6 Å². The van der Waals surface area contributed by atoms with Crippen LogP contribution >= 0.6 is 0 Å². The molecule has 0 radical (unpaired) electrons. The fourth-order valence-electron chi connectivity index (χ4n) is 1.64. The van der Waals surface area contributed by atoms with E-state index in [0.29, 0.717) is 11.4 Å². The van der Waals surface area contributed by atoms with Gasteiger partial charge in [0, 0.05) is 5.69 Å². The molecule has 0 aliphatic heterocycles. The van der Waals surface area contributed by atoms with Crippen LogP contribution in [0.4, 0.5) is 5.82 Å². The molecule has 0 bridgehead atoms. The molecule has 0 aliphatic carbocycles. The Labute approximate surface area is 99.9 Å². The van der Waals surface area contributed by atoms with E-state index in [1.807, 2.05) is 26.0 Å². The topological polar surface area (TPSA) is 61.9 Å². The largest absolute Gasteiger partial charge is 0.467 e. The van der Waals surface area contributed by atoms with Crippen LogP contribution in [0.5, 0.6) is 0 Å². The molecule has 0 amide bonds. The zero-order chi connectivity index (χ0) is 12.3. The summed E-state index contributed by atoms with van der Waals surface area (Å²) >= 11 is 0. The summed E-state index contributed by atoms with van der Waals surface area (Å²) in [6.45, 7) is 3.85. The van der Waals surface area contributed by atoms with Crippen molar-refractivity contribution in [2.75, 3.05) is 5.32 Å². The SMILES string of the molecule is Cc1cc(C#N)cc(NC(C)c2ccco2)n1. The lowest BCUT2D eigenvalue weighted by molar-refractivity contribution is 0.490. The minimum Gasteiger partial charge on any atom is -0.467 e. The maximum atomic E-state index is 8.88. The third-order valence-corrected chi connectivity index (χ3v) is 2.42. The van der Waals surface area contributed by atoms with Crippen molar-refractivity contribution in [2.45, 2.75) is 19.9 Å². The van der Waals surface area contributed by atoms with Crippen LogP contribution in [-0.4, -0.2) is 4.98 Å². The van der Waals surface area contributed by atoms with Gasteiger partial charge in [0.15, 0.2) is 0 Å². The van der Waals surface area contributed by atoms with Crippen molar-refractivity contribution in [2.24, 2.45) is 0 Å². The molecule has 0 saturated heterocycles. The monoisotopic (exact) mass is 227 g/mol. The molecule has 2 aromatic heterocycles. The van der Waals surface area contributed by atoms with Crippen LogP contribution in [0.3, 0.4) is 0 Å². The Balaban J connectivity index is 2.19. The van der Waals surface area contributed by atoms with Crippen LogP contribution in [0.25, 0.3) is 0 Å². The number of nitrogens with zero attached hydrogens (tertiary/aromatic N) is 2. The third-order valence-electron chi connectivity index (χ3n) is 2.42. The molecular formula is C13H13N3O. The van der Waals surface area contributed by atoms with E-state index < -0.39 is 0 Å². The second kappa shape index (κ2) is 4.71. The van der Waals surface area contributed by atoms with Crippen molar-refractivity contribution in [3.8, 4) is 6.07 Å². The molecule has 0 saturated carbocycles. The molecule has 0 aliphatic rings. The number of nitrogens with one attached hydrogen (secondary N) is 1. The zero-order valence-electron chi connectivity index (χ0n) is 9.77. The van der Waals surface area contributed by atoms with Crippen molar-refractivity contribution in [1.82, 2.24) is 4.98 Å². The Morgan fingerprint density at radius 2 is 2.29 bits per heavy atom. The maximum absolute atomic E-state index is 8.88. The van der Waals surface area contributed by atoms with Crippen LogP contribution < -0.4 is 5.32 Å². The molecule has 17 heavy (non-hydrogen) atoms. The van der Waals surface area contributed by atoms with Crippen LogP contribution in [0.15, 0.2) is 34.9 Å². The first-order valence-corrected chi connectivity index (χ1v) is 5.38. The fraction of sp³-hybridized carbons (Fsp3) is 0.231. The lowest BCUT2D eigenvalue weighted by atomic mass is 10.2. The van der Waals surface area contributed by atoms with E-state index in [9.17, 15) is 0 Å². The number of pyridine rings is 1. The second-order valence-corrected chi connectivity index (χ2v) is 3.88. The molecule has 0 spiro atoms. The van der Waals surface area contributed by atoms with Gasteiger partial charge >= 0.3 is 0 Å². The number of aryl methyl sites for hydroxylation is 1. The van der Waals surface area contributed by atoms with Crippen molar-refractivity contribution >= 4 is 5.82 Å². The third kappa shape index (κ3) is 2.64. The molecular weight excluding hydrogens is 214 g/mol. The van der Waals surface area contributed by atoms with Crippen molar-refractivity contribution in [1.29, 1.82) is 5.26 Å². The summed E-state index contributed by atoms with van der Waals surface area (Å²) in [7, 11) is 0. The van der Waals surface area contributed by atoms with Gasteiger partial charge in [-0.3, -0.25) is 0 Å². The molecule has 4 heteroatoms. The summed E-state index contributed by atoms with van der Waals surface area (Å²) in [6.07, 6.45) is 1.64. The van der Waals surface area contributed by atoms with E-state index in [2.05, 4.69) is 16.4 Å². The number of hydrogen-bond donors (Lipinski definition) is 1. The molecule has 1 N–H and O–H groups in total. The van der Waals surface area contributed by atoms with Gasteiger partial charge in [-0.05, 0) is 38.1 Å². The van der Waals surface area contributed by atoms with E-state index in [1.165, 1.54) is 0 Å². The Hall–Kier alpha value is -2.28. The number of hydrogen-bond acceptors (Lipinski definition) is 4. The number of furan rings is 1. The number of anilines is 1. The zero-order valence-corrected chi connectivity index (χ0v) is 9.77. The molecule has 2 heterocycles. The summed E-state index contributed by atoms with van der Waals surface area (Å²) in [6, 6.07) is 9.36. The van der Waals surface area contributed by atoms with Crippen LogP contribution in [-0.2, 0) is 0 Å². The first-order chi connectivity index (χ1) is 8.19. The molecule has 1 unspecified atom stereocenters. The first-order valence-electron chi connectivity index (χ1n) is 5.38. The predicted molar refractivity (Wildman–Crippen MR) is 64.4 cm³/mol. The molecule has 0 fully saturated rings. The number of nitriles is 1. The van der Waals surface area contributed by atoms with Gasteiger partial charge in [0.25, 0.3) is 0 Å². The van der Waals surface area contributed by atoms with E-state index in [1.54, 1.807) is 18.4 Å². The van der Waals surface area contributed by atoms with E-state index in [4.69, 9.17) is 9.68 Å². The summed E-state index contributed by atoms with van der Waals surface area (Å²) in [5.41, 5.74) is 1.42. The van der Waals surface area contributed by atoms with Gasteiger partial charge in [-0.15, -0.1) is 0 Å². The minimum absolute atomic E-state index is 0.0193. The summed E-state index contributed by atoms with van der Waals surface area (Å²) < 4.78 is 5.30. The summed E-state index contributed by atoms with van der Waals surface area (Å²) in [4.78, 5) is 4.33. The number of rotatable bonds is 3. The maximum Gasteiger partial charge on any atom is 0.128 e. The fourth-order valence-corrected chi connectivity index (χ4v) is 1.64. The predicted octanol–water partition coefficient (Wildman–Crippen LogP) is 3.03. The lowest BCUT2D eigenvalue weighted by Gasteiger charge is -2.12. The highest BCUT2D eigenvalue weighted by Crippen LogP contribution is 2.19. The van der Waals surface area contributed by atoms with Crippen LogP contribution in [0, 0.1) is 18.3 Å². The van der Waals surface area contributed by atoms with E-state index >= 15 is 0 Å². The Morgan fingerprint density at radius 3 is 2.94 bits per heavy atom. The highest BCUT2D eigenvalue weighted by Gasteiger charge is 2.09. The van der Waals surface area contributed by atoms with Gasteiger partial charge < -0.3 is 9.73 Å². The van der Waals surface area contributed by atoms with Gasteiger partial charge in [-0.2, -0.15) is 5.26 Å². The molecule has 2 aromatic rings.